The van der Waals surface area contributed by atoms with Crippen molar-refractivity contribution in [3.63, 3.8) is 0 Å². The first kappa shape index (κ1) is 16.8. The second kappa shape index (κ2) is 8.19. The number of oxime groups is 1. The summed E-state index contributed by atoms with van der Waals surface area (Å²) in [6.07, 6.45) is 5.17. The molecule has 0 bridgehead atoms. The summed E-state index contributed by atoms with van der Waals surface area (Å²) in [5, 5.41) is 10.5. The zero-order valence-corrected chi connectivity index (χ0v) is 14.1. The summed E-state index contributed by atoms with van der Waals surface area (Å²) >= 11 is 0. The molecule has 0 aliphatic rings. The summed E-state index contributed by atoms with van der Waals surface area (Å²) in [7, 11) is 0. The quantitative estimate of drug-likeness (QED) is 0.376. The zero-order valence-electron chi connectivity index (χ0n) is 14.1. The number of nitrogens with zero attached hydrogens (tertiary/aromatic N) is 4. The minimum absolute atomic E-state index is 0.321. The fourth-order valence-corrected chi connectivity index (χ4v) is 2.48. The Hall–Kier alpha value is -3.02. The molecular formula is C19H20N4O2. The Morgan fingerprint density at radius 2 is 2.04 bits per heavy atom. The van der Waals surface area contributed by atoms with Crippen molar-refractivity contribution < 1.29 is 9.63 Å². The summed E-state index contributed by atoms with van der Waals surface area (Å²) in [6.45, 7) is 2.40. The zero-order chi connectivity index (χ0) is 17.5. The monoisotopic (exact) mass is 336 g/mol. The number of fused-ring (bicyclic) bond motifs is 1. The highest BCUT2D eigenvalue weighted by Gasteiger charge is 2.10. The maximum Gasteiger partial charge on any atom is 0.335 e. The summed E-state index contributed by atoms with van der Waals surface area (Å²) < 4.78 is 1.65. The van der Waals surface area contributed by atoms with E-state index in [0.29, 0.717) is 18.7 Å². The number of carbonyl (C=O) groups excluding carboxylic acids is 1. The van der Waals surface area contributed by atoms with Crippen LogP contribution >= 0.6 is 0 Å². The third-order valence-corrected chi connectivity index (χ3v) is 3.85. The van der Waals surface area contributed by atoms with E-state index in [0.717, 1.165) is 29.2 Å². The van der Waals surface area contributed by atoms with Gasteiger partial charge in [-0.1, -0.05) is 54.9 Å². The molecule has 0 aliphatic carbocycles. The van der Waals surface area contributed by atoms with E-state index < -0.39 is 0 Å². The smallest absolute Gasteiger partial charge is 0.318 e. The average Bonchev–Trinajstić information content (AvgIpc) is 3.16. The van der Waals surface area contributed by atoms with Crippen molar-refractivity contribution >= 4 is 22.5 Å². The molecule has 1 aromatic heterocycles. The van der Waals surface area contributed by atoms with Crippen LogP contribution in [-0.2, 0) is 16.2 Å². The lowest BCUT2D eigenvalue weighted by molar-refractivity contribution is -0.143. The first-order chi connectivity index (χ1) is 12.3. The number of hydrogen-bond donors (Lipinski definition) is 0. The first-order valence-corrected chi connectivity index (χ1v) is 8.34. The summed E-state index contributed by atoms with van der Waals surface area (Å²) in [6, 6.07) is 14.1. The molecule has 0 N–H and O–H groups in total. The minimum Gasteiger partial charge on any atom is -0.318 e. The molecule has 6 heteroatoms. The summed E-state index contributed by atoms with van der Waals surface area (Å²) in [5.74, 6) is -0.321. The van der Waals surface area contributed by atoms with Crippen molar-refractivity contribution in [1.29, 1.82) is 0 Å². The molecule has 6 nitrogen and oxygen atoms in total. The number of unbranched alkanes of at least 4 members (excludes halogenated alkanes) is 1. The van der Waals surface area contributed by atoms with Crippen molar-refractivity contribution in [3.8, 4) is 0 Å². The van der Waals surface area contributed by atoms with Gasteiger partial charge in [-0.25, -0.2) is 14.5 Å². The first-order valence-electron chi connectivity index (χ1n) is 8.34. The normalized spacial score (nSPS) is 11.6. The molecule has 0 aliphatic heterocycles. The molecule has 2 aromatic carbocycles. The van der Waals surface area contributed by atoms with Gasteiger partial charge in [-0.05, 0) is 23.3 Å². The van der Waals surface area contributed by atoms with Gasteiger partial charge in [0.05, 0.1) is 6.54 Å². The number of carbonyl (C=O) groups is 1. The predicted molar refractivity (Wildman–Crippen MR) is 96.1 cm³/mol. The molecule has 25 heavy (non-hydrogen) atoms. The Kier molecular flexibility index (Phi) is 5.51. The van der Waals surface area contributed by atoms with Crippen LogP contribution in [-0.4, -0.2) is 26.4 Å². The highest BCUT2D eigenvalue weighted by molar-refractivity contribution is 6.03. The molecule has 0 unspecified atom stereocenters. The second-order valence-electron chi connectivity index (χ2n) is 5.76. The topological polar surface area (TPSA) is 69.4 Å². The molecule has 3 rings (SSSR count). The molecular weight excluding hydrogens is 316 g/mol. The van der Waals surface area contributed by atoms with Gasteiger partial charge in [0.25, 0.3) is 0 Å². The summed E-state index contributed by atoms with van der Waals surface area (Å²) in [5.41, 5.74) is 1.51. The van der Waals surface area contributed by atoms with Crippen LogP contribution in [0.25, 0.3) is 10.8 Å². The van der Waals surface area contributed by atoms with Gasteiger partial charge in [0.1, 0.15) is 18.4 Å². The van der Waals surface area contributed by atoms with Crippen LogP contribution in [0.15, 0.2) is 60.3 Å². The Morgan fingerprint density at radius 3 is 2.80 bits per heavy atom. The SMILES string of the molecule is CCCCC(=O)O/N=C(\Cn1cncn1)c1ccc2ccccc2c1. The molecule has 0 radical (unpaired) electrons. The van der Waals surface area contributed by atoms with Crippen LogP contribution in [0.1, 0.15) is 31.7 Å². The summed E-state index contributed by atoms with van der Waals surface area (Å²) in [4.78, 5) is 20.8. The van der Waals surface area contributed by atoms with Crippen molar-refractivity contribution in [2.45, 2.75) is 32.7 Å². The van der Waals surface area contributed by atoms with Crippen LogP contribution in [0, 0.1) is 0 Å². The average molecular weight is 336 g/mol. The molecule has 128 valence electrons. The predicted octanol–water partition coefficient (Wildman–Crippen LogP) is 3.57. The van der Waals surface area contributed by atoms with Crippen LogP contribution in [0.5, 0.6) is 0 Å². The second-order valence-corrected chi connectivity index (χ2v) is 5.76. The largest absolute Gasteiger partial charge is 0.335 e. The lowest BCUT2D eigenvalue weighted by Gasteiger charge is -2.08. The van der Waals surface area contributed by atoms with Crippen molar-refractivity contribution in [2.24, 2.45) is 5.16 Å². The van der Waals surface area contributed by atoms with E-state index in [2.05, 4.69) is 21.3 Å². The third kappa shape index (κ3) is 4.50. The van der Waals surface area contributed by atoms with Crippen LogP contribution in [0.2, 0.25) is 0 Å². The highest BCUT2D eigenvalue weighted by Crippen LogP contribution is 2.17. The number of benzene rings is 2. The van der Waals surface area contributed by atoms with Gasteiger partial charge in [-0.3, -0.25) is 0 Å². The van der Waals surface area contributed by atoms with Crippen molar-refractivity contribution in [3.05, 3.63) is 60.7 Å². The van der Waals surface area contributed by atoms with Crippen LogP contribution < -0.4 is 0 Å². The van der Waals surface area contributed by atoms with E-state index in [-0.39, 0.29) is 5.97 Å². The van der Waals surface area contributed by atoms with Gasteiger partial charge >= 0.3 is 5.97 Å². The molecule has 3 aromatic rings. The van der Waals surface area contributed by atoms with Crippen molar-refractivity contribution in [1.82, 2.24) is 14.8 Å². The van der Waals surface area contributed by atoms with Gasteiger partial charge in [0, 0.05) is 12.0 Å². The highest BCUT2D eigenvalue weighted by atomic mass is 16.7. The maximum atomic E-state index is 11.8. The van der Waals surface area contributed by atoms with E-state index in [9.17, 15) is 4.79 Å². The van der Waals surface area contributed by atoms with Crippen LogP contribution in [0.3, 0.4) is 0 Å². The maximum absolute atomic E-state index is 11.8. The van der Waals surface area contributed by atoms with E-state index in [1.54, 1.807) is 11.0 Å². The number of hydrogen-bond acceptors (Lipinski definition) is 5. The van der Waals surface area contributed by atoms with Gasteiger partial charge in [-0.2, -0.15) is 5.10 Å². The van der Waals surface area contributed by atoms with Gasteiger partial charge < -0.3 is 4.84 Å². The fourth-order valence-electron chi connectivity index (χ4n) is 2.48. The lowest BCUT2D eigenvalue weighted by atomic mass is 10.0. The van der Waals surface area contributed by atoms with E-state index in [4.69, 9.17) is 4.84 Å². The minimum atomic E-state index is -0.321. The Balaban J connectivity index is 1.87. The standard InChI is InChI=1S/C19H20N4O2/c1-2-3-8-19(24)25-22-18(12-23-14-20-13-21-23)17-10-9-15-6-4-5-7-16(15)11-17/h4-7,9-11,13-14H,2-3,8,12H2,1H3/b22-18+. The Bertz CT molecular complexity index is 872. The molecule has 1 heterocycles. The van der Waals surface area contributed by atoms with Crippen LogP contribution in [0.4, 0.5) is 0 Å². The van der Waals surface area contributed by atoms with E-state index >= 15 is 0 Å². The lowest BCUT2D eigenvalue weighted by Crippen LogP contribution is -2.14. The van der Waals surface area contributed by atoms with Crippen molar-refractivity contribution in [2.75, 3.05) is 0 Å². The Morgan fingerprint density at radius 1 is 1.20 bits per heavy atom. The molecule has 0 atom stereocenters. The number of aromatic nitrogens is 3. The van der Waals surface area contributed by atoms with Gasteiger partial charge in [-0.15, -0.1) is 0 Å². The molecule has 0 spiro atoms. The third-order valence-electron chi connectivity index (χ3n) is 3.85. The van der Waals surface area contributed by atoms with Gasteiger partial charge in [0.2, 0.25) is 0 Å². The Labute approximate surface area is 146 Å². The fraction of sp³-hybridized carbons (Fsp3) is 0.263. The van der Waals surface area contributed by atoms with E-state index in [1.165, 1.54) is 6.33 Å². The number of rotatable bonds is 7. The molecule has 0 amide bonds. The molecule has 0 fully saturated rings. The van der Waals surface area contributed by atoms with Gasteiger partial charge in [0.15, 0.2) is 0 Å². The van der Waals surface area contributed by atoms with E-state index in [1.807, 2.05) is 43.3 Å². The molecule has 0 saturated heterocycles. The molecule has 0 saturated carbocycles.